The molecule has 1 aliphatic carbocycles. The number of benzene rings is 1. The summed E-state index contributed by atoms with van der Waals surface area (Å²) in [7, 11) is 0. The third-order valence-electron chi connectivity index (χ3n) is 6.81. The molecule has 1 aromatic heterocycles. The van der Waals surface area contributed by atoms with Crippen LogP contribution >= 0.6 is 0 Å². The van der Waals surface area contributed by atoms with E-state index in [2.05, 4.69) is 50.7 Å². The van der Waals surface area contributed by atoms with Crippen LogP contribution in [0.1, 0.15) is 49.3 Å². The molecule has 3 fully saturated rings. The second-order valence-electron chi connectivity index (χ2n) is 8.98. The van der Waals surface area contributed by atoms with E-state index in [0.29, 0.717) is 11.7 Å². The number of rotatable bonds is 4. The van der Waals surface area contributed by atoms with Crippen molar-refractivity contribution in [2.24, 2.45) is 5.41 Å². The lowest BCUT2D eigenvalue weighted by Gasteiger charge is -2.39. The number of likely N-dealkylation sites (tertiary alicyclic amines) is 2. The molecule has 3 heterocycles. The molecule has 0 radical (unpaired) electrons. The van der Waals surface area contributed by atoms with Crippen molar-refractivity contribution in [2.75, 3.05) is 31.5 Å². The fourth-order valence-corrected chi connectivity index (χ4v) is 4.74. The molecule has 2 aromatic rings. The third kappa shape index (κ3) is 4.27. The minimum Gasteiger partial charge on any atom is -0.324 e. The van der Waals surface area contributed by atoms with Crippen LogP contribution in [0.5, 0.6) is 0 Å². The van der Waals surface area contributed by atoms with Crippen molar-refractivity contribution in [1.82, 2.24) is 20.0 Å². The minimum absolute atomic E-state index is 0.0398. The molecule has 152 valence electrons. The zero-order valence-electron chi connectivity index (χ0n) is 16.9. The fourth-order valence-electron chi connectivity index (χ4n) is 4.74. The maximum Gasteiger partial charge on any atom is 0.323 e. The molecule has 1 N–H and O–H groups in total. The molecular formula is C23H29N5O. The van der Waals surface area contributed by atoms with Crippen molar-refractivity contribution in [3.8, 4) is 0 Å². The maximum atomic E-state index is 12.7. The highest BCUT2D eigenvalue weighted by Crippen LogP contribution is 2.41. The lowest BCUT2D eigenvalue weighted by molar-refractivity contribution is 0.106. The number of aromatic nitrogens is 2. The van der Waals surface area contributed by atoms with E-state index in [1.165, 1.54) is 31.2 Å². The first-order chi connectivity index (χ1) is 14.2. The molecule has 6 nitrogen and oxygen atoms in total. The molecule has 29 heavy (non-hydrogen) atoms. The van der Waals surface area contributed by atoms with Crippen molar-refractivity contribution in [3.63, 3.8) is 0 Å². The van der Waals surface area contributed by atoms with Crippen LogP contribution in [0.3, 0.4) is 0 Å². The van der Waals surface area contributed by atoms with Crippen LogP contribution in [-0.4, -0.2) is 52.2 Å². The number of anilines is 1. The van der Waals surface area contributed by atoms with Gasteiger partial charge in [-0.1, -0.05) is 30.3 Å². The number of nitrogens with zero attached hydrogens (tertiary/aromatic N) is 4. The average Bonchev–Trinajstić information content (AvgIpc) is 3.52. The highest BCUT2D eigenvalue weighted by atomic mass is 16.2. The summed E-state index contributed by atoms with van der Waals surface area (Å²) in [6.07, 6.45) is 5.85. The van der Waals surface area contributed by atoms with Crippen LogP contribution in [0.15, 0.2) is 42.5 Å². The Morgan fingerprint density at radius 3 is 2.45 bits per heavy atom. The Hall–Kier alpha value is -2.47. The Labute approximate surface area is 172 Å². The van der Waals surface area contributed by atoms with Crippen molar-refractivity contribution >= 4 is 11.8 Å². The molecule has 0 bridgehead atoms. The first-order valence-corrected chi connectivity index (χ1v) is 10.9. The van der Waals surface area contributed by atoms with Gasteiger partial charge in [0.05, 0.1) is 5.69 Å². The van der Waals surface area contributed by atoms with Crippen molar-refractivity contribution in [2.45, 2.75) is 44.6 Å². The van der Waals surface area contributed by atoms with Gasteiger partial charge < -0.3 is 4.90 Å². The van der Waals surface area contributed by atoms with Gasteiger partial charge in [-0.2, -0.15) is 5.10 Å². The summed E-state index contributed by atoms with van der Waals surface area (Å²) in [6.45, 7) is 4.93. The molecule has 5 rings (SSSR count). The Balaban J connectivity index is 1.12. The second-order valence-corrected chi connectivity index (χ2v) is 8.98. The van der Waals surface area contributed by atoms with E-state index in [1.807, 2.05) is 17.0 Å². The highest BCUT2D eigenvalue weighted by Gasteiger charge is 2.42. The van der Waals surface area contributed by atoms with Crippen LogP contribution in [-0.2, 0) is 6.54 Å². The monoisotopic (exact) mass is 391 g/mol. The van der Waals surface area contributed by atoms with Gasteiger partial charge in [0.15, 0.2) is 5.82 Å². The highest BCUT2D eigenvalue weighted by molar-refractivity contribution is 5.88. The number of hydrogen-bond acceptors (Lipinski definition) is 4. The van der Waals surface area contributed by atoms with Gasteiger partial charge >= 0.3 is 6.03 Å². The molecule has 1 aromatic carbocycles. The van der Waals surface area contributed by atoms with Gasteiger partial charge in [-0.15, -0.1) is 5.10 Å². The standard InChI is InChI=1S/C23H29N5O/c29-22(24-21-9-8-20(25-26-21)19-6-7-19)28-15-12-23(17-28)10-13-27(14-11-23)16-18-4-2-1-3-5-18/h1-5,8-9,19H,6-7,10-17H2,(H,24,26,29). The van der Waals surface area contributed by atoms with Gasteiger partial charge in [0.1, 0.15) is 0 Å². The van der Waals surface area contributed by atoms with Gasteiger partial charge in [0.25, 0.3) is 0 Å². The van der Waals surface area contributed by atoms with E-state index in [0.717, 1.165) is 44.8 Å². The first kappa shape index (κ1) is 18.6. The molecule has 1 spiro atoms. The van der Waals surface area contributed by atoms with E-state index < -0.39 is 0 Å². The number of urea groups is 1. The molecular weight excluding hydrogens is 362 g/mol. The van der Waals surface area contributed by atoms with Gasteiger partial charge in [0.2, 0.25) is 0 Å². The summed E-state index contributed by atoms with van der Waals surface area (Å²) >= 11 is 0. The average molecular weight is 392 g/mol. The number of hydrogen-bond donors (Lipinski definition) is 1. The lowest BCUT2D eigenvalue weighted by atomic mass is 9.77. The summed E-state index contributed by atoms with van der Waals surface area (Å²) < 4.78 is 0. The molecule has 1 saturated carbocycles. The van der Waals surface area contributed by atoms with Crippen molar-refractivity contribution in [1.29, 1.82) is 0 Å². The Morgan fingerprint density at radius 2 is 1.76 bits per heavy atom. The lowest BCUT2D eigenvalue weighted by Crippen LogP contribution is -2.42. The molecule has 2 aliphatic heterocycles. The number of piperidine rings is 1. The van der Waals surface area contributed by atoms with Gasteiger partial charge in [-0.05, 0) is 68.3 Å². The Bertz CT molecular complexity index is 841. The van der Waals surface area contributed by atoms with Crippen LogP contribution in [0.2, 0.25) is 0 Å². The van der Waals surface area contributed by atoms with E-state index in [1.54, 1.807) is 0 Å². The predicted molar refractivity (Wildman–Crippen MR) is 113 cm³/mol. The van der Waals surface area contributed by atoms with E-state index in [4.69, 9.17) is 0 Å². The SMILES string of the molecule is O=C(Nc1ccc(C2CC2)nn1)N1CCC2(CCN(Cc3ccccc3)CC2)C1. The topological polar surface area (TPSA) is 61.4 Å². The van der Waals surface area contributed by atoms with Gasteiger partial charge in [-0.3, -0.25) is 10.2 Å². The summed E-state index contributed by atoms with van der Waals surface area (Å²) in [4.78, 5) is 17.2. The Morgan fingerprint density at radius 1 is 1.00 bits per heavy atom. The van der Waals surface area contributed by atoms with Crippen LogP contribution in [0, 0.1) is 5.41 Å². The molecule has 0 unspecified atom stereocenters. The summed E-state index contributed by atoms with van der Waals surface area (Å²) in [5.41, 5.74) is 2.71. The predicted octanol–water partition coefficient (Wildman–Crippen LogP) is 3.87. The zero-order chi connectivity index (χ0) is 19.7. The van der Waals surface area contributed by atoms with Gasteiger partial charge in [-0.25, -0.2) is 4.79 Å². The number of amides is 2. The summed E-state index contributed by atoms with van der Waals surface area (Å²) in [5, 5.41) is 11.4. The van der Waals surface area contributed by atoms with Crippen LogP contribution in [0.4, 0.5) is 10.6 Å². The van der Waals surface area contributed by atoms with E-state index in [9.17, 15) is 4.79 Å². The fraction of sp³-hybridized carbons (Fsp3) is 0.522. The second kappa shape index (κ2) is 7.75. The van der Waals surface area contributed by atoms with E-state index >= 15 is 0 Å². The Kier molecular flexibility index (Phi) is 4.96. The number of carbonyl (C=O) groups excluding carboxylic acids is 1. The summed E-state index contributed by atoms with van der Waals surface area (Å²) in [5.74, 6) is 1.14. The van der Waals surface area contributed by atoms with Gasteiger partial charge in [0, 0.05) is 25.6 Å². The maximum absolute atomic E-state index is 12.7. The van der Waals surface area contributed by atoms with Crippen LogP contribution in [0.25, 0.3) is 0 Å². The number of carbonyl (C=O) groups is 1. The molecule has 3 aliphatic rings. The molecule has 2 saturated heterocycles. The molecule has 0 atom stereocenters. The third-order valence-corrected chi connectivity index (χ3v) is 6.81. The quantitative estimate of drug-likeness (QED) is 0.859. The normalized spacial score (nSPS) is 21.4. The van der Waals surface area contributed by atoms with Crippen LogP contribution < -0.4 is 5.32 Å². The molecule has 6 heteroatoms. The van der Waals surface area contributed by atoms with E-state index in [-0.39, 0.29) is 11.4 Å². The zero-order valence-corrected chi connectivity index (χ0v) is 16.9. The smallest absolute Gasteiger partial charge is 0.323 e. The minimum atomic E-state index is -0.0398. The first-order valence-electron chi connectivity index (χ1n) is 10.9. The van der Waals surface area contributed by atoms with Crippen molar-refractivity contribution in [3.05, 3.63) is 53.7 Å². The molecule has 2 amide bonds. The largest absolute Gasteiger partial charge is 0.324 e. The summed E-state index contributed by atoms with van der Waals surface area (Å²) in [6, 6.07) is 14.5. The number of nitrogens with one attached hydrogen (secondary N) is 1. The van der Waals surface area contributed by atoms with Crippen molar-refractivity contribution < 1.29 is 4.79 Å².